The van der Waals surface area contributed by atoms with Crippen molar-refractivity contribution in [3.63, 3.8) is 0 Å². The van der Waals surface area contributed by atoms with Crippen LogP contribution in [0.25, 0.3) is 0 Å². The summed E-state index contributed by atoms with van der Waals surface area (Å²) in [6.45, 7) is 12.6. The van der Waals surface area contributed by atoms with Crippen LogP contribution < -0.4 is 5.32 Å². The van der Waals surface area contributed by atoms with Gasteiger partial charge in [0, 0.05) is 31.7 Å². The summed E-state index contributed by atoms with van der Waals surface area (Å²) in [4.78, 5) is 2.61. The van der Waals surface area contributed by atoms with E-state index in [0.717, 1.165) is 19.6 Å². The molecule has 1 aromatic rings. The summed E-state index contributed by atoms with van der Waals surface area (Å²) in [5, 5.41) is 3.63. The highest BCUT2D eigenvalue weighted by molar-refractivity contribution is 5.28. The second-order valence-electron chi connectivity index (χ2n) is 5.83. The van der Waals surface area contributed by atoms with Gasteiger partial charge in [0.2, 0.25) is 0 Å². The van der Waals surface area contributed by atoms with Gasteiger partial charge >= 0.3 is 0 Å². The van der Waals surface area contributed by atoms with E-state index >= 15 is 0 Å². The van der Waals surface area contributed by atoms with Gasteiger partial charge in [0.1, 0.15) is 0 Å². The number of aryl methyl sites for hydroxylation is 1. The lowest BCUT2D eigenvalue weighted by Gasteiger charge is -2.39. The molecule has 1 N–H and O–H groups in total. The van der Waals surface area contributed by atoms with Crippen molar-refractivity contribution >= 4 is 0 Å². The van der Waals surface area contributed by atoms with Crippen LogP contribution >= 0.6 is 0 Å². The molecular formula is C16H26N2. The highest BCUT2D eigenvalue weighted by atomic mass is 15.2. The molecule has 0 saturated carbocycles. The Balaban J connectivity index is 2.09. The molecule has 1 aliphatic rings. The van der Waals surface area contributed by atoms with E-state index in [-0.39, 0.29) is 0 Å². The van der Waals surface area contributed by atoms with Crippen molar-refractivity contribution in [1.82, 2.24) is 10.2 Å². The first kappa shape index (κ1) is 13.6. The van der Waals surface area contributed by atoms with Crippen LogP contribution in [0.3, 0.4) is 0 Å². The van der Waals surface area contributed by atoms with Crippen molar-refractivity contribution in [2.45, 2.75) is 39.8 Å². The maximum Gasteiger partial charge on any atom is 0.0323 e. The number of benzene rings is 1. The van der Waals surface area contributed by atoms with Gasteiger partial charge < -0.3 is 5.32 Å². The quantitative estimate of drug-likeness (QED) is 0.882. The standard InChI is InChI=1S/C16H26N2/c1-12(2)16-11-18(10-9-17-16)14(4)15-8-6-5-7-13(15)3/h5-8,12,14,16-17H,9-11H2,1-4H3. The Kier molecular flexibility index (Phi) is 4.41. The zero-order valence-corrected chi connectivity index (χ0v) is 12.1. The van der Waals surface area contributed by atoms with Crippen LogP contribution in [-0.2, 0) is 0 Å². The predicted molar refractivity (Wildman–Crippen MR) is 77.8 cm³/mol. The molecule has 2 nitrogen and oxygen atoms in total. The molecule has 1 fully saturated rings. The maximum atomic E-state index is 3.63. The Morgan fingerprint density at radius 1 is 1.22 bits per heavy atom. The number of piperazine rings is 1. The van der Waals surface area contributed by atoms with Gasteiger partial charge in [-0.25, -0.2) is 0 Å². The van der Waals surface area contributed by atoms with Crippen molar-refractivity contribution in [3.05, 3.63) is 35.4 Å². The fourth-order valence-corrected chi connectivity index (χ4v) is 2.85. The minimum absolute atomic E-state index is 0.523. The Hall–Kier alpha value is -0.860. The van der Waals surface area contributed by atoms with Crippen molar-refractivity contribution in [3.8, 4) is 0 Å². The second kappa shape index (κ2) is 5.85. The van der Waals surface area contributed by atoms with Crippen LogP contribution in [0.1, 0.15) is 37.9 Å². The van der Waals surface area contributed by atoms with E-state index in [1.807, 2.05) is 0 Å². The zero-order valence-electron chi connectivity index (χ0n) is 12.1. The molecule has 100 valence electrons. The molecule has 1 heterocycles. The third-order valence-electron chi connectivity index (χ3n) is 4.23. The summed E-state index contributed by atoms with van der Waals surface area (Å²) in [7, 11) is 0. The molecule has 0 aromatic heterocycles. The van der Waals surface area contributed by atoms with Crippen LogP contribution in [-0.4, -0.2) is 30.6 Å². The molecule has 2 rings (SSSR count). The fraction of sp³-hybridized carbons (Fsp3) is 0.625. The largest absolute Gasteiger partial charge is 0.311 e. The van der Waals surface area contributed by atoms with Gasteiger partial charge in [0.15, 0.2) is 0 Å². The van der Waals surface area contributed by atoms with Gasteiger partial charge in [-0.3, -0.25) is 4.90 Å². The molecule has 2 heteroatoms. The first-order valence-corrected chi connectivity index (χ1v) is 7.12. The lowest BCUT2D eigenvalue weighted by atomic mass is 9.97. The highest BCUT2D eigenvalue weighted by Crippen LogP contribution is 2.25. The third-order valence-corrected chi connectivity index (χ3v) is 4.23. The molecule has 1 aromatic carbocycles. The Morgan fingerprint density at radius 3 is 2.61 bits per heavy atom. The number of nitrogens with one attached hydrogen (secondary N) is 1. The van der Waals surface area contributed by atoms with Crippen molar-refractivity contribution in [1.29, 1.82) is 0 Å². The van der Waals surface area contributed by atoms with Gasteiger partial charge in [-0.05, 0) is 30.9 Å². The lowest BCUT2D eigenvalue weighted by molar-refractivity contribution is 0.134. The van der Waals surface area contributed by atoms with E-state index in [9.17, 15) is 0 Å². The van der Waals surface area contributed by atoms with Crippen LogP contribution in [0.15, 0.2) is 24.3 Å². The van der Waals surface area contributed by atoms with E-state index < -0.39 is 0 Å². The molecular weight excluding hydrogens is 220 g/mol. The summed E-state index contributed by atoms with van der Waals surface area (Å²) in [5.74, 6) is 0.705. The van der Waals surface area contributed by atoms with Crippen molar-refractivity contribution < 1.29 is 0 Å². The summed E-state index contributed by atoms with van der Waals surface area (Å²) < 4.78 is 0. The smallest absolute Gasteiger partial charge is 0.0323 e. The zero-order chi connectivity index (χ0) is 13.1. The number of hydrogen-bond acceptors (Lipinski definition) is 2. The summed E-state index contributed by atoms with van der Waals surface area (Å²) in [6.07, 6.45) is 0. The molecule has 0 radical (unpaired) electrons. The minimum Gasteiger partial charge on any atom is -0.311 e. The number of nitrogens with zero attached hydrogens (tertiary/aromatic N) is 1. The van der Waals surface area contributed by atoms with E-state index in [1.165, 1.54) is 11.1 Å². The van der Waals surface area contributed by atoms with Gasteiger partial charge in [-0.15, -0.1) is 0 Å². The topological polar surface area (TPSA) is 15.3 Å². The molecule has 0 aliphatic carbocycles. The van der Waals surface area contributed by atoms with E-state index in [0.29, 0.717) is 18.0 Å². The van der Waals surface area contributed by atoms with Crippen molar-refractivity contribution in [2.75, 3.05) is 19.6 Å². The SMILES string of the molecule is Cc1ccccc1C(C)N1CCNC(C(C)C)C1. The highest BCUT2D eigenvalue weighted by Gasteiger charge is 2.25. The summed E-state index contributed by atoms with van der Waals surface area (Å²) in [5.41, 5.74) is 2.88. The third kappa shape index (κ3) is 2.93. The normalized spacial score (nSPS) is 23.3. The molecule has 2 atom stereocenters. The van der Waals surface area contributed by atoms with Crippen LogP contribution in [0.4, 0.5) is 0 Å². The van der Waals surface area contributed by atoms with E-state index in [1.54, 1.807) is 0 Å². The average Bonchev–Trinajstić information content (AvgIpc) is 2.38. The monoisotopic (exact) mass is 246 g/mol. The van der Waals surface area contributed by atoms with E-state index in [4.69, 9.17) is 0 Å². The first-order valence-electron chi connectivity index (χ1n) is 7.12. The molecule has 18 heavy (non-hydrogen) atoms. The van der Waals surface area contributed by atoms with E-state index in [2.05, 4.69) is 62.2 Å². The Bertz CT molecular complexity index is 386. The molecule has 2 unspecified atom stereocenters. The number of rotatable bonds is 3. The van der Waals surface area contributed by atoms with Gasteiger partial charge in [0.25, 0.3) is 0 Å². The Labute approximate surface area is 111 Å². The molecule has 0 bridgehead atoms. The van der Waals surface area contributed by atoms with Gasteiger partial charge in [0.05, 0.1) is 0 Å². The second-order valence-corrected chi connectivity index (χ2v) is 5.83. The van der Waals surface area contributed by atoms with Crippen LogP contribution in [0.5, 0.6) is 0 Å². The minimum atomic E-state index is 0.523. The average molecular weight is 246 g/mol. The summed E-state index contributed by atoms with van der Waals surface area (Å²) >= 11 is 0. The first-order chi connectivity index (χ1) is 8.59. The lowest BCUT2D eigenvalue weighted by Crippen LogP contribution is -2.53. The molecule has 0 spiro atoms. The molecule has 1 aliphatic heterocycles. The number of hydrogen-bond donors (Lipinski definition) is 1. The van der Waals surface area contributed by atoms with Crippen LogP contribution in [0.2, 0.25) is 0 Å². The predicted octanol–water partition coefficient (Wildman–Crippen LogP) is 2.99. The van der Waals surface area contributed by atoms with Crippen LogP contribution in [0, 0.1) is 12.8 Å². The van der Waals surface area contributed by atoms with Gasteiger partial charge in [-0.2, -0.15) is 0 Å². The fourth-order valence-electron chi connectivity index (χ4n) is 2.85. The molecule has 0 amide bonds. The van der Waals surface area contributed by atoms with Crippen molar-refractivity contribution in [2.24, 2.45) is 5.92 Å². The van der Waals surface area contributed by atoms with Gasteiger partial charge in [-0.1, -0.05) is 38.1 Å². The maximum absolute atomic E-state index is 3.63. The Morgan fingerprint density at radius 2 is 1.94 bits per heavy atom. The summed E-state index contributed by atoms with van der Waals surface area (Å²) in [6, 6.07) is 9.92. The molecule has 1 saturated heterocycles.